The first kappa shape index (κ1) is 14.8. The molecular formula is C12H17BrN2O3. The highest BCUT2D eigenvalue weighted by molar-refractivity contribution is 9.10. The Hall–Kier alpha value is -1.30. The van der Waals surface area contributed by atoms with Gasteiger partial charge >= 0.3 is 5.97 Å². The molecule has 0 atom stereocenters. The van der Waals surface area contributed by atoms with Crippen molar-refractivity contribution in [3.8, 4) is 0 Å². The summed E-state index contributed by atoms with van der Waals surface area (Å²) in [6.07, 6.45) is 4.68. The minimum absolute atomic E-state index is 0.117. The predicted molar refractivity (Wildman–Crippen MR) is 71.3 cm³/mol. The van der Waals surface area contributed by atoms with Crippen LogP contribution in [0.15, 0.2) is 16.7 Å². The standard InChI is InChI=1S/C12H17BrN2O3/c1-18-11(16)5-3-2-4-6-14-12(17)10-7-9(13)8-15-10/h7-8,15H,2-6H2,1H3,(H,14,17). The summed E-state index contributed by atoms with van der Waals surface area (Å²) in [5, 5.41) is 2.81. The van der Waals surface area contributed by atoms with E-state index in [1.54, 1.807) is 12.3 Å². The van der Waals surface area contributed by atoms with Gasteiger partial charge in [0.1, 0.15) is 5.69 Å². The number of hydrogen-bond acceptors (Lipinski definition) is 3. The number of unbranched alkanes of at least 4 members (excludes halogenated alkanes) is 2. The Balaban J connectivity index is 2.08. The Kier molecular flexibility index (Phi) is 6.49. The van der Waals surface area contributed by atoms with Gasteiger partial charge in [0, 0.05) is 23.6 Å². The van der Waals surface area contributed by atoms with E-state index in [2.05, 4.69) is 31.0 Å². The third-order valence-electron chi connectivity index (χ3n) is 2.46. The van der Waals surface area contributed by atoms with E-state index in [0.717, 1.165) is 23.7 Å². The molecule has 0 aliphatic heterocycles. The van der Waals surface area contributed by atoms with Crippen molar-refractivity contribution < 1.29 is 14.3 Å². The molecule has 1 heterocycles. The first-order chi connectivity index (χ1) is 8.63. The van der Waals surface area contributed by atoms with Gasteiger partial charge in [0.15, 0.2) is 0 Å². The Bertz CT molecular complexity index is 404. The third-order valence-corrected chi connectivity index (χ3v) is 2.92. The van der Waals surface area contributed by atoms with Crippen LogP contribution >= 0.6 is 15.9 Å². The van der Waals surface area contributed by atoms with Gasteiger partial charge in [-0.1, -0.05) is 6.42 Å². The Morgan fingerprint density at radius 1 is 1.39 bits per heavy atom. The molecule has 0 aliphatic carbocycles. The molecule has 0 unspecified atom stereocenters. The average Bonchev–Trinajstić information content (AvgIpc) is 2.79. The second kappa shape index (κ2) is 7.92. The van der Waals surface area contributed by atoms with Gasteiger partial charge in [0.25, 0.3) is 5.91 Å². The monoisotopic (exact) mass is 316 g/mol. The maximum absolute atomic E-state index is 11.6. The van der Waals surface area contributed by atoms with Crippen LogP contribution in [0.2, 0.25) is 0 Å². The number of methoxy groups -OCH3 is 1. The van der Waals surface area contributed by atoms with E-state index in [1.807, 2.05) is 0 Å². The van der Waals surface area contributed by atoms with Crippen LogP contribution in [-0.4, -0.2) is 30.5 Å². The number of nitrogens with one attached hydrogen (secondary N) is 2. The number of carbonyl (C=O) groups is 2. The molecule has 0 spiro atoms. The number of H-pyrrole nitrogens is 1. The van der Waals surface area contributed by atoms with Crippen LogP contribution in [0.5, 0.6) is 0 Å². The fraction of sp³-hybridized carbons (Fsp3) is 0.500. The zero-order valence-electron chi connectivity index (χ0n) is 10.3. The van der Waals surface area contributed by atoms with Crippen LogP contribution in [0.3, 0.4) is 0 Å². The summed E-state index contributed by atoms with van der Waals surface area (Å²) < 4.78 is 5.39. The third kappa shape index (κ3) is 5.35. The van der Waals surface area contributed by atoms with Crippen LogP contribution in [0.4, 0.5) is 0 Å². The number of rotatable bonds is 7. The highest BCUT2D eigenvalue weighted by Crippen LogP contribution is 2.10. The summed E-state index contributed by atoms with van der Waals surface area (Å²) in [5.41, 5.74) is 0.538. The van der Waals surface area contributed by atoms with Gasteiger partial charge in [0.2, 0.25) is 0 Å². The molecule has 100 valence electrons. The Labute approximate surface area is 114 Å². The average molecular weight is 317 g/mol. The maximum atomic E-state index is 11.6. The lowest BCUT2D eigenvalue weighted by Gasteiger charge is -2.03. The largest absolute Gasteiger partial charge is 0.469 e. The van der Waals surface area contributed by atoms with Crippen molar-refractivity contribution in [2.45, 2.75) is 25.7 Å². The second-order valence-electron chi connectivity index (χ2n) is 3.87. The number of aromatic nitrogens is 1. The van der Waals surface area contributed by atoms with E-state index < -0.39 is 0 Å². The molecule has 0 fully saturated rings. The van der Waals surface area contributed by atoms with Crippen molar-refractivity contribution in [1.82, 2.24) is 10.3 Å². The normalized spacial score (nSPS) is 10.1. The summed E-state index contributed by atoms with van der Waals surface area (Å²) in [6, 6.07) is 1.73. The molecule has 1 rings (SSSR count). The SMILES string of the molecule is COC(=O)CCCCCNC(=O)c1cc(Br)c[nH]1. The number of esters is 1. The molecule has 1 aromatic rings. The molecular weight excluding hydrogens is 300 g/mol. The molecule has 1 amide bonds. The number of aromatic amines is 1. The highest BCUT2D eigenvalue weighted by atomic mass is 79.9. The number of carbonyl (C=O) groups excluding carboxylic acids is 2. The molecule has 0 aliphatic rings. The molecule has 1 aromatic heterocycles. The lowest BCUT2D eigenvalue weighted by atomic mass is 10.2. The van der Waals surface area contributed by atoms with Crippen LogP contribution < -0.4 is 5.32 Å². The lowest BCUT2D eigenvalue weighted by molar-refractivity contribution is -0.140. The van der Waals surface area contributed by atoms with E-state index in [-0.39, 0.29) is 11.9 Å². The minimum Gasteiger partial charge on any atom is -0.469 e. The van der Waals surface area contributed by atoms with Crippen LogP contribution in [0, 0.1) is 0 Å². The fourth-order valence-corrected chi connectivity index (χ4v) is 1.81. The molecule has 18 heavy (non-hydrogen) atoms. The van der Waals surface area contributed by atoms with E-state index in [9.17, 15) is 9.59 Å². The zero-order valence-corrected chi connectivity index (χ0v) is 11.9. The van der Waals surface area contributed by atoms with Crippen molar-refractivity contribution >= 4 is 27.8 Å². The van der Waals surface area contributed by atoms with Crippen LogP contribution in [0.1, 0.15) is 36.2 Å². The van der Waals surface area contributed by atoms with Crippen molar-refractivity contribution in [2.24, 2.45) is 0 Å². The Morgan fingerprint density at radius 2 is 2.17 bits per heavy atom. The number of halogens is 1. The first-order valence-electron chi connectivity index (χ1n) is 5.82. The van der Waals surface area contributed by atoms with E-state index >= 15 is 0 Å². The summed E-state index contributed by atoms with van der Waals surface area (Å²) in [7, 11) is 1.39. The van der Waals surface area contributed by atoms with Gasteiger partial charge in [-0.2, -0.15) is 0 Å². The summed E-state index contributed by atoms with van der Waals surface area (Å²) >= 11 is 3.27. The highest BCUT2D eigenvalue weighted by Gasteiger charge is 2.06. The molecule has 6 heteroatoms. The predicted octanol–water partition coefficient (Wildman–Crippen LogP) is 2.24. The molecule has 0 saturated heterocycles. The quantitative estimate of drug-likeness (QED) is 0.598. The number of amides is 1. The zero-order chi connectivity index (χ0) is 13.4. The summed E-state index contributed by atoms with van der Waals surface area (Å²) in [6.45, 7) is 0.608. The summed E-state index contributed by atoms with van der Waals surface area (Å²) in [5.74, 6) is -0.302. The summed E-state index contributed by atoms with van der Waals surface area (Å²) in [4.78, 5) is 25.3. The molecule has 0 aromatic carbocycles. The van der Waals surface area contributed by atoms with Crippen molar-refractivity contribution in [2.75, 3.05) is 13.7 Å². The molecule has 2 N–H and O–H groups in total. The smallest absolute Gasteiger partial charge is 0.305 e. The first-order valence-corrected chi connectivity index (χ1v) is 6.61. The van der Waals surface area contributed by atoms with Gasteiger partial charge in [-0.3, -0.25) is 9.59 Å². The number of hydrogen-bond donors (Lipinski definition) is 2. The van der Waals surface area contributed by atoms with Gasteiger partial charge in [-0.15, -0.1) is 0 Å². The Morgan fingerprint density at radius 3 is 2.78 bits per heavy atom. The second-order valence-corrected chi connectivity index (χ2v) is 4.79. The van der Waals surface area contributed by atoms with E-state index in [1.165, 1.54) is 7.11 Å². The van der Waals surface area contributed by atoms with Gasteiger partial charge < -0.3 is 15.0 Å². The molecule has 5 nitrogen and oxygen atoms in total. The van der Waals surface area contributed by atoms with Gasteiger partial charge in [-0.25, -0.2) is 0 Å². The van der Waals surface area contributed by atoms with E-state index in [4.69, 9.17) is 0 Å². The van der Waals surface area contributed by atoms with Crippen molar-refractivity contribution in [1.29, 1.82) is 0 Å². The van der Waals surface area contributed by atoms with E-state index in [0.29, 0.717) is 18.7 Å². The van der Waals surface area contributed by atoms with Gasteiger partial charge in [0.05, 0.1) is 7.11 Å². The van der Waals surface area contributed by atoms with Crippen molar-refractivity contribution in [3.05, 3.63) is 22.4 Å². The molecule has 0 radical (unpaired) electrons. The number of ether oxygens (including phenoxy) is 1. The maximum Gasteiger partial charge on any atom is 0.305 e. The van der Waals surface area contributed by atoms with Crippen LogP contribution in [-0.2, 0) is 9.53 Å². The minimum atomic E-state index is -0.185. The topological polar surface area (TPSA) is 71.2 Å². The van der Waals surface area contributed by atoms with Crippen molar-refractivity contribution in [3.63, 3.8) is 0 Å². The van der Waals surface area contributed by atoms with Crippen LogP contribution in [0.25, 0.3) is 0 Å². The van der Waals surface area contributed by atoms with Gasteiger partial charge in [-0.05, 0) is 34.8 Å². The molecule has 0 bridgehead atoms. The molecule has 0 saturated carbocycles. The fourth-order valence-electron chi connectivity index (χ4n) is 1.47. The lowest BCUT2D eigenvalue weighted by Crippen LogP contribution is -2.24.